The van der Waals surface area contributed by atoms with E-state index >= 15 is 0 Å². The molecular weight excluding hydrogens is 638 g/mol. The number of nitrogens with zero attached hydrogens (tertiary/aromatic N) is 3. The number of aromatic nitrogens is 1. The molecule has 0 radical (unpaired) electrons. The highest BCUT2D eigenvalue weighted by Crippen LogP contribution is 2.38. The molecule has 3 heterocycles. The Labute approximate surface area is 260 Å². The molecule has 4 aromatic rings. The maximum atomic E-state index is 14.1. The van der Waals surface area contributed by atoms with Crippen LogP contribution in [-0.4, -0.2) is 42.7 Å². The maximum Gasteiger partial charge on any atom is 0.271 e. The number of hydrogen-bond donors (Lipinski definition) is 0. The number of furan rings is 1. The van der Waals surface area contributed by atoms with E-state index in [0.29, 0.717) is 61.6 Å². The molecule has 1 aliphatic rings. The summed E-state index contributed by atoms with van der Waals surface area (Å²) >= 11 is 6.32. The van der Waals surface area contributed by atoms with Gasteiger partial charge in [0.15, 0.2) is 9.89 Å². The predicted octanol–water partition coefficient (Wildman–Crippen LogP) is 5.63. The van der Waals surface area contributed by atoms with E-state index in [1.807, 2.05) is 63.2 Å². The van der Waals surface area contributed by atoms with Gasteiger partial charge in [-0.25, -0.2) is 4.99 Å². The van der Waals surface area contributed by atoms with Gasteiger partial charge in [-0.1, -0.05) is 41.3 Å². The summed E-state index contributed by atoms with van der Waals surface area (Å²) in [6.07, 6.45) is 1.72. The zero-order valence-electron chi connectivity index (χ0n) is 23.8. The molecule has 1 amide bonds. The average Bonchev–Trinajstić information content (AvgIpc) is 3.49. The van der Waals surface area contributed by atoms with Crippen molar-refractivity contribution in [1.29, 1.82) is 0 Å². The van der Waals surface area contributed by atoms with Gasteiger partial charge in [0.2, 0.25) is 0 Å². The molecule has 0 unspecified atom stereocenters. The van der Waals surface area contributed by atoms with Gasteiger partial charge in [-0.3, -0.25) is 14.2 Å². The number of ether oxygens (including phenoxy) is 2. The van der Waals surface area contributed by atoms with Gasteiger partial charge in [0.05, 0.1) is 34.5 Å². The minimum atomic E-state index is -0.769. The molecule has 2 aromatic heterocycles. The lowest BCUT2D eigenvalue weighted by molar-refractivity contribution is -0.127. The summed E-state index contributed by atoms with van der Waals surface area (Å²) in [7, 11) is 3.14. The number of thiazole rings is 1. The fraction of sp³-hybridized carbons (Fsp3) is 0.258. The van der Waals surface area contributed by atoms with E-state index in [0.717, 1.165) is 9.37 Å². The van der Waals surface area contributed by atoms with Gasteiger partial charge in [-0.2, -0.15) is 0 Å². The van der Waals surface area contributed by atoms with E-state index in [1.54, 1.807) is 41.9 Å². The fourth-order valence-electron chi connectivity index (χ4n) is 4.86. The average molecular weight is 669 g/mol. The highest BCUT2D eigenvalue weighted by atomic mass is 79.9. The SMILES string of the molecule is CCN(CC)C(=O)C1=C(C)N=c2s/c(=C/c3cc(Br)c(Sc4ccccc4)o3)c(=O)n2[C@@H]1c1cc(OC)ccc1OC. The highest BCUT2D eigenvalue weighted by molar-refractivity contribution is 9.10. The van der Waals surface area contributed by atoms with Gasteiger partial charge >= 0.3 is 0 Å². The first-order chi connectivity index (χ1) is 20.3. The first-order valence-corrected chi connectivity index (χ1v) is 15.8. The van der Waals surface area contributed by atoms with E-state index in [4.69, 9.17) is 18.9 Å². The van der Waals surface area contributed by atoms with Crippen LogP contribution in [0.2, 0.25) is 0 Å². The normalized spacial score (nSPS) is 14.9. The van der Waals surface area contributed by atoms with Crippen LogP contribution < -0.4 is 24.4 Å². The summed E-state index contributed by atoms with van der Waals surface area (Å²) in [5, 5.41) is 0.683. The summed E-state index contributed by atoms with van der Waals surface area (Å²) in [5.74, 6) is 1.47. The third-order valence-electron chi connectivity index (χ3n) is 6.94. The van der Waals surface area contributed by atoms with Crippen LogP contribution in [0.25, 0.3) is 6.08 Å². The number of methoxy groups -OCH3 is 2. The highest BCUT2D eigenvalue weighted by Gasteiger charge is 2.36. The van der Waals surface area contributed by atoms with Crippen LogP contribution in [0.3, 0.4) is 0 Å². The molecular formula is C31H30BrN3O5S2. The smallest absolute Gasteiger partial charge is 0.271 e. The Morgan fingerprint density at radius 2 is 1.88 bits per heavy atom. The second kappa shape index (κ2) is 12.8. The molecule has 0 aliphatic carbocycles. The number of fused-ring (bicyclic) bond motifs is 1. The van der Waals surface area contributed by atoms with Crippen molar-refractivity contribution >= 4 is 51.0 Å². The number of rotatable bonds is 9. The van der Waals surface area contributed by atoms with Crippen LogP contribution in [0.1, 0.15) is 38.1 Å². The van der Waals surface area contributed by atoms with E-state index in [2.05, 4.69) is 15.9 Å². The number of benzene rings is 2. The molecule has 1 atom stereocenters. The maximum absolute atomic E-state index is 14.1. The van der Waals surface area contributed by atoms with Crippen molar-refractivity contribution in [2.75, 3.05) is 27.3 Å². The molecule has 1 aliphatic heterocycles. The minimum absolute atomic E-state index is 0.178. The molecule has 0 spiro atoms. The van der Waals surface area contributed by atoms with E-state index < -0.39 is 6.04 Å². The van der Waals surface area contributed by atoms with Crippen molar-refractivity contribution in [3.63, 3.8) is 0 Å². The number of amides is 1. The number of carbonyl (C=O) groups is 1. The first kappa shape index (κ1) is 29.9. The Morgan fingerprint density at radius 1 is 1.14 bits per heavy atom. The van der Waals surface area contributed by atoms with Gasteiger partial charge < -0.3 is 18.8 Å². The summed E-state index contributed by atoms with van der Waals surface area (Å²) in [4.78, 5) is 36.0. The number of hydrogen-bond acceptors (Lipinski definition) is 8. The van der Waals surface area contributed by atoms with Crippen LogP contribution in [0.15, 0.2) is 94.5 Å². The number of carbonyl (C=O) groups excluding carboxylic acids is 1. The van der Waals surface area contributed by atoms with Crippen LogP contribution >= 0.6 is 39.0 Å². The summed E-state index contributed by atoms with van der Waals surface area (Å²) in [6, 6.07) is 16.4. The third kappa shape index (κ3) is 5.73. The standard InChI is InChI=1S/C31H30BrN3O5S2/c1-6-34(7-2)29(37)26-18(3)33-31-35(27(26)22-15-19(38-4)13-14-24(22)39-5)28(36)25(42-31)17-20-16-23(32)30(40-20)41-21-11-9-8-10-12-21/h8-17,27H,6-7H2,1-5H3/b25-17+/t27-/m1/s1. The predicted molar refractivity (Wildman–Crippen MR) is 168 cm³/mol. The largest absolute Gasteiger partial charge is 0.497 e. The summed E-state index contributed by atoms with van der Waals surface area (Å²) < 4.78 is 20.1. The Kier molecular flexibility index (Phi) is 9.10. The van der Waals surface area contributed by atoms with Crippen molar-refractivity contribution in [2.45, 2.75) is 36.8 Å². The molecule has 8 nitrogen and oxygen atoms in total. The molecule has 11 heteroatoms. The number of halogens is 1. The van der Waals surface area contributed by atoms with Crippen molar-refractivity contribution in [1.82, 2.24) is 9.47 Å². The molecule has 0 bridgehead atoms. The van der Waals surface area contributed by atoms with E-state index in [-0.39, 0.29) is 11.5 Å². The molecule has 0 saturated heterocycles. The second-order valence-electron chi connectivity index (χ2n) is 9.37. The van der Waals surface area contributed by atoms with Crippen LogP contribution in [0, 0.1) is 0 Å². The monoisotopic (exact) mass is 667 g/mol. The number of allylic oxidation sites excluding steroid dienone is 1. The molecule has 0 fully saturated rings. The molecule has 0 N–H and O–H groups in total. The van der Waals surface area contributed by atoms with Crippen molar-refractivity contribution in [3.05, 3.63) is 101 Å². The Bertz CT molecular complexity index is 1840. The topological polar surface area (TPSA) is 86.3 Å². The zero-order chi connectivity index (χ0) is 30.0. The lowest BCUT2D eigenvalue weighted by Gasteiger charge is -2.30. The Morgan fingerprint density at radius 3 is 2.55 bits per heavy atom. The van der Waals surface area contributed by atoms with Gasteiger partial charge in [0.1, 0.15) is 23.3 Å². The summed E-state index contributed by atoms with van der Waals surface area (Å²) in [5.41, 5.74) is 1.33. The lowest BCUT2D eigenvalue weighted by Crippen LogP contribution is -2.43. The Hall–Kier alpha value is -3.54. The molecule has 2 aromatic carbocycles. The minimum Gasteiger partial charge on any atom is -0.497 e. The van der Waals surface area contributed by atoms with E-state index in [9.17, 15) is 9.59 Å². The summed E-state index contributed by atoms with van der Waals surface area (Å²) in [6.45, 7) is 6.72. The van der Waals surface area contributed by atoms with Crippen LogP contribution in [0.4, 0.5) is 0 Å². The van der Waals surface area contributed by atoms with Gasteiger partial charge in [-0.15, -0.1) is 0 Å². The zero-order valence-corrected chi connectivity index (χ0v) is 27.1. The number of likely N-dealkylation sites (N-methyl/N-ethyl adjacent to an activating group) is 1. The second-order valence-corrected chi connectivity index (χ2v) is 12.3. The van der Waals surface area contributed by atoms with Crippen molar-refractivity contribution < 1.29 is 18.7 Å². The Balaban J connectivity index is 1.68. The lowest BCUT2D eigenvalue weighted by atomic mass is 9.93. The van der Waals surface area contributed by atoms with Gasteiger partial charge in [0, 0.05) is 29.6 Å². The first-order valence-electron chi connectivity index (χ1n) is 13.4. The van der Waals surface area contributed by atoms with Crippen molar-refractivity contribution in [3.8, 4) is 11.5 Å². The van der Waals surface area contributed by atoms with E-state index in [1.165, 1.54) is 23.1 Å². The quantitative estimate of drug-likeness (QED) is 0.230. The van der Waals surface area contributed by atoms with Gasteiger partial charge in [0.25, 0.3) is 11.5 Å². The molecule has 218 valence electrons. The molecule has 0 saturated carbocycles. The third-order valence-corrected chi connectivity index (χ3v) is 9.77. The fourth-order valence-corrected chi connectivity index (χ4v) is 7.24. The molecule has 5 rings (SSSR count). The van der Waals surface area contributed by atoms with Crippen LogP contribution in [-0.2, 0) is 4.79 Å². The molecule has 42 heavy (non-hydrogen) atoms. The van der Waals surface area contributed by atoms with Crippen molar-refractivity contribution in [2.24, 2.45) is 4.99 Å². The van der Waals surface area contributed by atoms with Crippen LogP contribution in [0.5, 0.6) is 11.5 Å². The van der Waals surface area contributed by atoms with Gasteiger partial charge in [-0.05, 0) is 73.1 Å².